The number of aromatic nitrogens is 1. The van der Waals surface area contributed by atoms with Crippen molar-refractivity contribution in [2.75, 3.05) is 5.32 Å². The fraction of sp³-hybridized carbons (Fsp3) is 0.0769. The number of nitrogens with zero attached hydrogens (tertiary/aromatic N) is 1. The van der Waals surface area contributed by atoms with Gasteiger partial charge in [-0.05, 0) is 52.7 Å². The number of hydrogen-bond donors (Lipinski definition) is 1. The molecular formula is C13H9BrF2N2O. The molecule has 2 rings (SSSR count). The zero-order valence-corrected chi connectivity index (χ0v) is 11.5. The summed E-state index contributed by atoms with van der Waals surface area (Å²) >= 11 is 3.06. The molecule has 0 spiro atoms. The average molecular weight is 327 g/mol. The summed E-state index contributed by atoms with van der Waals surface area (Å²) in [4.78, 5) is 15.3. The lowest BCUT2D eigenvalue weighted by atomic mass is 10.2. The van der Waals surface area contributed by atoms with Crippen molar-refractivity contribution in [3.63, 3.8) is 0 Å². The van der Waals surface area contributed by atoms with E-state index >= 15 is 0 Å². The number of carbonyl (C=O) groups is 1. The van der Waals surface area contributed by atoms with Gasteiger partial charge in [-0.3, -0.25) is 4.79 Å². The summed E-state index contributed by atoms with van der Waals surface area (Å²) in [6, 6.07) is 5.17. The summed E-state index contributed by atoms with van der Waals surface area (Å²) in [6.45, 7) is 1.74. The van der Waals surface area contributed by atoms with Crippen molar-refractivity contribution in [2.45, 2.75) is 6.92 Å². The minimum Gasteiger partial charge on any atom is -0.322 e. The highest BCUT2D eigenvalue weighted by molar-refractivity contribution is 9.10. The summed E-state index contributed by atoms with van der Waals surface area (Å²) in [5.41, 5.74) is 1.26. The van der Waals surface area contributed by atoms with Gasteiger partial charge in [0.05, 0.1) is 10.0 Å². The standard InChI is InChI=1S/C13H9BrF2N2O/c1-7-4-9(14)10(15)5-11(7)18-13(19)8-2-3-12(16)17-6-8/h2-6H,1H3,(H,18,19). The lowest BCUT2D eigenvalue weighted by Gasteiger charge is -2.09. The molecule has 2 aromatic rings. The van der Waals surface area contributed by atoms with Crippen LogP contribution < -0.4 is 5.32 Å². The maximum absolute atomic E-state index is 13.4. The van der Waals surface area contributed by atoms with E-state index in [-0.39, 0.29) is 5.56 Å². The van der Waals surface area contributed by atoms with Crippen LogP contribution in [0.3, 0.4) is 0 Å². The molecule has 0 aliphatic heterocycles. The molecule has 0 saturated heterocycles. The number of nitrogens with one attached hydrogen (secondary N) is 1. The Morgan fingerprint density at radius 3 is 2.68 bits per heavy atom. The molecule has 98 valence electrons. The van der Waals surface area contributed by atoms with E-state index in [1.165, 1.54) is 12.1 Å². The quantitative estimate of drug-likeness (QED) is 0.855. The third-order valence-electron chi connectivity index (χ3n) is 2.51. The Balaban J connectivity index is 2.24. The van der Waals surface area contributed by atoms with Crippen molar-refractivity contribution < 1.29 is 13.6 Å². The average Bonchev–Trinajstić information content (AvgIpc) is 2.36. The number of aryl methyl sites for hydroxylation is 1. The zero-order chi connectivity index (χ0) is 14.0. The van der Waals surface area contributed by atoms with Gasteiger partial charge in [-0.1, -0.05) is 0 Å². The van der Waals surface area contributed by atoms with Crippen molar-refractivity contribution in [2.24, 2.45) is 0 Å². The van der Waals surface area contributed by atoms with Gasteiger partial charge in [-0.25, -0.2) is 9.37 Å². The summed E-state index contributed by atoms with van der Waals surface area (Å²) in [5, 5.41) is 2.55. The smallest absolute Gasteiger partial charge is 0.257 e. The van der Waals surface area contributed by atoms with Crippen molar-refractivity contribution in [3.8, 4) is 0 Å². The Bertz CT molecular complexity index is 629. The maximum atomic E-state index is 13.4. The topological polar surface area (TPSA) is 42.0 Å². The second-order valence-electron chi connectivity index (χ2n) is 3.90. The molecule has 0 bridgehead atoms. The van der Waals surface area contributed by atoms with Gasteiger partial charge < -0.3 is 5.32 Å². The molecule has 1 aromatic heterocycles. The fourth-order valence-corrected chi connectivity index (χ4v) is 1.94. The zero-order valence-electron chi connectivity index (χ0n) is 9.88. The Kier molecular flexibility index (Phi) is 3.90. The SMILES string of the molecule is Cc1cc(Br)c(F)cc1NC(=O)c1ccc(F)nc1. The molecule has 1 aromatic carbocycles. The fourth-order valence-electron chi connectivity index (χ4n) is 1.49. The van der Waals surface area contributed by atoms with Crippen LogP contribution in [0.2, 0.25) is 0 Å². The van der Waals surface area contributed by atoms with Gasteiger partial charge >= 0.3 is 0 Å². The molecule has 19 heavy (non-hydrogen) atoms. The number of rotatable bonds is 2. The van der Waals surface area contributed by atoms with E-state index in [9.17, 15) is 13.6 Å². The van der Waals surface area contributed by atoms with Gasteiger partial charge in [0.1, 0.15) is 5.82 Å². The predicted octanol–water partition coefficient (Wildman–Crippen LogP) is 3.68. The van der Waals surface area contributed by atoms with Crippen LogP contribution in [-0.2, 0) is 0 Å². The monoisotopic (exact) mass is 326 g/mol. The minimum absolute atomic E-state index is 0.198. The summed E-state index contributed by atoms with van der Waals surface area (Å²) in [5.74, 6) is -1.61. The van der Waals surface area contributed by atoms with Gasteiger partial charge in [0.25, 0.3) is 5.91 Å². The second kappa shape index (κ2) is 5.44. The van der Waals surface area contributed by atoms with Gasteiger partial charge in [0.15, 0.2) is 0 Å². The van der Waals surface area contributed by atoms with Crippen LogP contribution in [-0.4, -0.2) is 10.9 Å². The number of carbonyl (C=O) groups excluding carboxylic acids is 1. The minimum atomic E-state index is -0.664. The molecule has 0 aliphatic rings. The maximum Gasteiger partial charge on any atom is 0.257 e. The molecule has 1 amide bonds. The van der Waals surface area contributed by atoms with Crippen LogP contribution >= 0.6 is 15.9 Å². The molecular weight excluding hydrogens is 318 g/mol. The van der Waals surface area contributed by atoms with Crippen molar-refractivity contribution in [1.82, 2.24) is 4.98 Å². The first-order valence-electron chi connectivity index (χ1n) is 5.36. The molecule has 1 N–H and O–H groups in total. The van der Waals surface area contributed by atoms with Crippen LogP contribution in [0.15, 0.2) is 34.9 Å². The van der Waals surface area contributed by atoms with Crippen LogP contribution in [0, 0.1) is 18.7 Å². The third-order valence-corrected chi connectivity index (χ3v) is 3.11. The lowest BCUT2D eigenvalue weighted by Crippen LogP contribution is -2.13. The van der Waals surface area contributed by atoms with E-state index in [0.29, 0.717) is 15.7 Å². The van der Waals surface area contributed by atoms with Gasteiger partial charge in [0, 0.05) is 11.9 Å². The number of benzene rings is 1. The van der Waals surface area contributed by atoms with Crippen LogP contribution in [0.1, 0.15) is 15.9 Å². The first kappa shape index (κ1) is 13.6. The van der Waals surface area contributed by atoms with E-state index in [0.717, 1.165) is 12.3 Å². The predicted molar refractivity (Wildman–Crippen MR) is 71.0 cm³/mol. The van der Waals surface area contributed by atoms with Crippen LogP contribution in [0.25, 0.3) is 0 Å². The molecule has 1 heterocycles. The summed E-state index contributed by atoms with van der Waals surface area (Å²) < 4.78 is 26.4. The van der Waals surface area contributed by atoms with E-state index in [4.69, 9.17) is 0 Å². The van der Waals surface area contributed by atoms with Gasteiger partial charge in [0.2, 0.25) is 5.95 Å². The van der Waals surface area contributed by atoms with Crippen molar-refractivity contribution in [1.29, 1.82) is 0 Å². The van der Waals surface area contributed by atoms with Crippen molar-refractivity contribution in [3.05, 3.63) is 57.8 Å². The highest BCUT2D eigenvalue weighted by Gasteiger charge is 2.10. The number of amides is 1. The third kappa shape index (κ3) is 3.14. The highest BCUT2D eigenvalue weighted by Crippen LogP contribution is 2.24. The van der Waals surface area contributed by atoms with Crippen molar-refractivity contribution >= 4 is 27.5 Å². The van der Waals surface area contributed by atoms with Gasteiger partial charge in [-0.15, -0.1) is 0 Å². The molecule has 0 atom stereocenters. The molecule has 0 radical (unpaired) electrons. The molecule has 0 fully saturated rings. The number of pyridine rings is 1. The summed E-state index contributed by atoms with van der Waals surface area (Å²) in [7, 11) is 0. The Morgan fingerprint density at radius 1 is 1.32 bits per heavy atom. The van der Waals surface area contributed by atoms with E-state index in [1.54, 1.807) is 13.0 Å². The van der Waals surface area contributed by atoms with Gasteiger partial charge in [-0.2, -0.15) is 4.39 Å². The number of halogens is 3. The largest absolute Gasteiger partial charge is 0.322 e. The van der Waals surface area contributed by atoms with E-state index in [1.807, 2.05) is 0 Å². The lowest BCUT2D eigenvalue weighted by molar-refractivity contribution is 0.102. The Morgan fingerprint density at radius 2 is 2.05 bits per heavy atom. The molecule has 6 heteroatoms. The molecule has 3 nitrogen and oxygen atoms in total. The highest BCUT2D eigenvalue weighted by atomic mass is 79.9. The second-order valence-corrected chi connectivity index (χ2v) is 4.76. The number of anilines is 1. The van der Waals surface area contributed by atoms with E-state index < -0.39 is 17.7 Å². The molecule has 0 aliphatic carbocycles. The normalized spacial score (nSPS) is 10.3. The Labute approximate surface area is 116 Å². The van der Waals surface area contributed by atoms with Crippen LogP contribution in [0.5, 0.6) is 0 Å². The number of hydrogen-bond acceptors (Lipinski definition) is 2. The Hall–Kier alpha value is -1.82. The first-order chi connectivity index (χ1) is 8.97. The van der Waals surface area contributed by atoms with E-state index in [2.05, 4.69) is 26.2 Å². The molecule has 0 unspecified atom stereocenters. The molecule has 0 saturated carbocycles. The summed E-state index contributed by atoms with van der Waals surface area (Å²) in [6.07, 6.45) is 1.12. The first-order valence-corrected chi connectivity index (χ1v) is 6.15. The van der Waals surface area contributed by atoms with Crippen LogP contribution in [0.4, 0.5) is 14.5 Å².